The summed E-state index contributed by atoms with van der Waals surface area (Å²) in [6, 6.07) is 5.67. The molecule has 0 spiro atoms. The van der Waals surface area contributed by atoms with E-state index in [4.69, 9.17) is 11.6 Å². The number of carboxylic acids is 1. The van der Waals surface area contributed by atoms with Crippen molar-refractivity contribution < 1.29 is 20.1 Å². The van der Waals surface area contributed by atoms with E-state index < -0.39 is 17.7 Å². The van der Waals surface area contributed by atoms with E-state index in [0.717, 1.165) is 62.3 Å². The zero-order valence-corrected chi connectivity index (χ0v) is 28.1. The molecular formula is C38H55ClO4. The van der Waals surface area contributed by atoms with Crippen LogP contribution in [-0.4, -0.2) is 21.3 Å². The highest BCUT2D eigenvalue weighted by atomic mass is 35.5. The zero-order chi connectivity index (χ0) is 31.1. The highest BCUT2D eigenvalue weighted by molar-refractivity contribution is 6.31. The SMILES string of the molecule is CC1CC1[C@@H]1CC[C@]2(C(=O)O)CC[C@@H](C)[C@]3(C)CCC4C(C)(C)C(c5ccc(C(O)O)c(Cl)c5)=CC[C@]4(C)C3CCCC12. The summed E-state index contributed by atoms with van der Waals surface area (Å²) in [5.41, 5.74) is 2.56. The molecule has 0 heterocycles. The molecule has 0 bridgehead atoms. The van der Waals surface area contributed by atoms with Crippen LogP contribution < -0.4 is 0 Å². The number of allylic oxidation sites excluding steroid dienone is 2. The van der Waals surface area contributed by atoms with E-state index in [1.807, 2.05) is 12.1 Å². The Morgan fingerprint density at radius 2 is 1.60 bits per heavy atom. The lowest BCUT2D eigenvalue weighted by atomic mass is 9.40. The summed E-state index contributed by atoms with van der Waals surface area (Å²) in [5.74, 6) is 3.57. The normalized spacial score (nSPS) is 44.1. The van der Waals surface area contributed by atoms with Gasteiger partial charge >= 0.3 is 5.97 Å². The van der Waals surface area contributed by atoms with Gasteiger partial charge in [-0.1, -0.05) is 77.8 Å². The first kappa shape index (κ1) is 31.6. The van der Waals surface area contributed by atoms with E-state index in [9.17, 15) is 20.1 Å². The smallest absolute Gasteiger partial charge is 0.309 e. The molecule has 4 fully saturated rings. The summed E-state index contributed by atoms with van der Waals surface area (Å²) < 4.78 is 0. The fourth-order valence-electron chi connectivity index (χ4n) is 12.0. The Balaban J connectivity index is 1.33. The largest absolute Gasteiger partial charge is 0.481 e. The number of carboxylic acid groups (broad SMARTS) is 1. The van der Waals surface area contributed by atoms with Gasteiger partial charge in [-0.25, -0.2) is 0 Å². The zero-order valence-electron chi connectivity index (χ0n) is 27.3. The number of aliphatic hydroxyl groups is 2. The Bertz CT molecular complexity index is 1280. The summed E-state index contributed by atoms with van der Waals surface area (Å²) in [6.45, 7) is 14.8. The third-order valence-electron chi connectivity index (χ3n) is 14.7. The van der Waals surface area contributed by atoms with Crippen LogP contribution in [0.2, 0.25) is 5.02 Å². The summed E-state index contributed by atoms with van der Waals surface area (Å²) in [6.07, 6.45) is 12.9. The molecule has 10 atom stereocenters. The highest BCUT2D eigenvalue weighted by Gasteiger charge is 2.62. The number of halogens is 1. The number of aliphatic hydroxyl groups excluding tert-OH is 1. The lowest BCUT2D eigenvalue weighted by molar-refractivity contribution is -0.155. The molecular weight excluding hydrogens is 556 g/mol. The molecule has 0 amide bonds. The van der Waals surface area contributed by atoms with Crippen LogP contribution in [0.3, 0.4) is 0 Å². The Hall–Kier alpha value is -1.36. The molecule has 5 unspecified atom stereocenters. The summed E-state index contributed by atoms with van der Waals surface area (Å²) in [7, 11) is 0. The number of rotatable bonds is 4. The van der Waals surface area contributed by atoms with Gasteiger partial charge in [-0.05, 0) is 139 Å². The number of hydrogen-bond donors (Lipinski definition) is 3. The van der Waals surface area contributed by atoms with Crippen molar-refractivity contribution in [2.75, 3.05) is 0 Å². The molecule has 1 aromatic carbocycles. The van der Waals surface area contributed by atoms with Gasteiger partial charge in [0.15, 0.2) is 6.29 Å². The van der Waals surface area contributed by atoms with Gasteiger partial charge in [0.25, 0.3) is 0 Å². The van der Waals surface area contributed by atoms with Crippen molar-refractivity contribution in [3.8, 4) is 0 Å². The van der Waals surface area contributed by atoms with Crippen LogP contribution in [0.1, 0.15) is 130 Å². The molecule has 1 aromatic rings. The molecule has 0 aliphatic heterocycles. The standard InChI is InChI=1S/C38H55ClO4/c1-22-20-27(22)25-13-19-38(34(42)43)18-12-23(2)36(5)17-15-31-35(3,4)28(24-10-11-26(33(40)41)30(39)21-24)14-16-37(31,6)32(36)9-7-8-29(25)38/h10-11,14,21-23,25,27,29,31-33,40-41H,7-9,12-13,15-20H2,1-6H3,(H,42,43)/t22?,23-,25+,27?,29?,31?,32?,36+,37+,38-/m1/s1. The first-order valence-corrected chi connectivity index (χ1v) is 17.6. The van der Waals surface area contributed by atoms with Crippen molar-refractivity contribution in [1.29, 1.82) is 0 Å². The molecule has 0 saturated heterocycles. The second kappa shape index (κ2) is 10.9. The third-order valence-corrected chi connectivity index (χ3v) is 15.0. The molecule has 5 heteroatoms. The molecule has 0 aromatic heterocycles. The molecule has 4 nitrogen and oxygen atoms in total. The van der Waals surface area contributed by atoms with Crippen molar-refractivity contribution in [2.24, 2.45) is 63.1 Å². The predicted octanol–water partition coefficient (Wildman–Crippen LogP) is 9.53. The molecule has 5 aliphatic carbocycles. The van der Waals surface area contributed by atoms with Crippen LogP contribution in [0.15, 0.2) is 24.3 Å². The van der Waals surface area contributed by atoms with E-state index in [1.54, 1.807) is 6.07 Å². The monoisotopic (exact) mass is 610 g/mol. The first-order chi connectivity index (χ1) is 20.2. The summed E-state index contributed by atoms with van der Waals surface area (Å²) >= 11 is 6.51. The fraction of sp³-hybridized carbons (Fsp3) is 0.763. The molecule has 238 valence electrons. The van der Waals surface area contributed by atoms with E-state index in [2.05, 4.69) is 47.6 Å². The molecule has 0 radical (unpaired) electrons. The lowest BCUT2D eigenvalue weighted by Crippen LogP contribution is -2.56. The Kier molecular flexibility index (Phi) is 7.99. The van der Waals surface area contributed by atoms with Crippen molar-refractivity contribution in [1.82, 2.24) is 0 Å². The quantitative estimate of drug-likeness (QED) is 0.297. The Morgan fingerprint density at radius 1 is 0.907 bits per heavy atom. The van der Waals surface area contributed by atoms with E-state index in [-0.39, 0.29) is 16.2 Å². The average molecular weight is 611 g/mol. The molecule has 3 N–H and O–H groups in total. The van der Waals surface area contributed by atoms with Crippen molar-refractivity contribution in [3.63, 3.8) is 0 Å². The summed E-state index contributed by atoms with van der Waals surface area (Å²) in [4.78, 5) is 13.1. The van der Waals surface area contributed by atoms with Gasteiger partial charge in [-0.2, -0.15) is 0 Å². The minimum Gasteiger partial charge on any atom is -0.481 e. The van der Waals surface area contributed by atoms with E-state index in [1.165, 1.54) is 31.3 Å². The second-order valence-electron chi connectivity index (χ2n) is 16.8. The topological polar surface area (TPSA) is 77.8 Å². The lowest BCUT2D eigenvalue weighted by Gasteiger charge is -2.64. The van der Waals surface area contributed by atoms with Gasteiger partial charge < -0.3 is 15.3 Å². The highest BCUT2D eigenvalue weighted by Crippen LogP contribution is 2.69. The van der Waals surface area contributed by atoms with Crippen LogP contribution in [-0.2, 0) is 4.79 Å². The third kappa shape index (κ3) is 4.87. The van der Waals surface area contributed by atoms with Crippen molar-refractivity contribution in [2.45, 2.75) is 118 Å². The number of benzene rings is 1. The molecule has 6 rings (SSSR count). The Labute approximate surface area is 264 Å². The average Bonchev–Trinajstić information content (AvgIpc) is 3.53. The van der Waals surface area contributed by atoms with Gasteiger partial charge in [-0.3, -0.25) is 4.79 Å². The van der Waals surface area contributed by atoms with Gasteiger partial charge in [0.05, 0.1) is 5.41 Å². The molecule has 4 saturated carbocycles. The number of fused-ring (bicyclic) bond motifs is 4. The fourth-order valence-corrected chi connectivity index (χ4v) is 12.3. The minimum absolute atomic E-state index is 0.0489. The van der Waals surface area contributed by atoms with Gasteiger partial charge in [0, 0.05) is 10.6 Å². The van der Waals surface area contributed by atoms with Crippen LogP contribution in [0.5, 0.6) is 0 Å². The molecule has 5 aliphatic rings. The van der Waals surface area contributed by atoms with E-state index in [0.29, 0.717) is 40.2 Å². The maximum atomic E-state index is 13.1. The number of aliphatic carboxylic acids is 1. The maximum Gasteiger partial charge on any atom is 0.309 e. The first-order valence-electron chi connectivity index (χ1n) is 17.3. The van der Waals surface area contributed by atoms with Crippen LogP contribution in [0.25, 0.3) is 5.57 Å². The van der Waals surface area contributed by atoms with Gasteiger partial charge in [0.2, 0.25) is 0 Å². The minimum atomic E-state index is -1.57. The second-order valence-corrected chi connectivity index (χ2v) is 17.2. The maximum absolute atomic E-state index is 13.1. The van der Waals surface area contributed by atoms with Crippen LogP contribution in [0.4, 0.5) is 0 Å². The van der Waals surface area contributed by atoms with Crippen LogP contribution >= 0.6 is 11.6 Å². The van der Waals surface area contributed by atoms with Crippen LogP contribution in [0, 0.1) is 63.1 Å². The number of carbonyl (C=O) groups is 1. The Morgan fingerprint density at radius 3 is 2.23 bits per heavy atom. The van der Waals surface area contributed by atoms with Crippen molar-refractivity contribution >= 4 is 23.1 Å². The number of hydrogen-bond acceptors (Lipinski definition) is 3. The van der Waals surface area contributed by atoms with Crippen molar-refractivity contribution in [3.05, 3.63) is 40.4 Å². The predicted molar refractivity (Wildman–Crippen MR) is 173 cm³/mol. The van der Waals surface area contributed by atoms with Gasteiger partial charge in [0.1, 0.15) is 0 Å². The summed E-state index contributed by atoms with van der Waals surface area (Å²) in [5, 5.41) is 30.6. The van der Waals surface area contributed by atoms with Gasteiger partial charge in [-0.15, -0.1) is 0 Å². The van der Waals surface area contributed by atoms with E-state index >= 15 is 0 Å². The molecule has 43 heavy (non-hydrogen) atoms.